The summed E-state index contributed by atoms with van der Waals surface area (Å²) in [5.74, 6) is 1.06. The Morgan fingerprint density at radius 3 is 2.52 bits per heavy atom. The van der Waals surface area contributed by atoms with Crippen molar-refractivity contribution in [3.63, 3.8) is 0 Å². The molecule has 1 aromatic carbocycles. The first-order chi connectivity index (χ1) is 12.7. The van der Waals surface area contributed by atoms with E-state index in [9.17, 15) is 13.4 Å². The smallest absolute Gasteiger partial charge is 0.223 e. The van der Waals surface area contributed by atoms with E-state index in [0.717, 1.165) is 55.6 Å². The van der Waals surface area contributed by atoms with Crippen molar-refractivity contribution in [2.75, 3.05) is 11.5 Å². The fourth-order valence-corrected chi connectivity index (χ4v) is 7.33. The van der Waals surface area contributed by atoms with Crippen molar-refractivity contribution in [2.45, 2.75) is 58.4 Å². The topological polar surface area (TPSA) is 46.2 Å². The summed E-state index contributed by atoms with van der Waals surface area (Å²) < 4.78 is 26.2. The van der Waals surface area contributed by atoms with Crippen LogP contribution in [0.1, 0.15) is 62.6 Å². The van der Waals surface area contributed by atoms with E-state index in [0.29, 0.717) is 10.6 Å². The van der Waals surface area contributed by atoms with Gasteiger partial charge in [0.05, 0.1) is 11.1 Å². The molecule has 1 amide bonds. The van der Waals surface area contributed by atoms with Gasteiger partial charge in [-0.3, -0.25) is 9.00 Å². The molecule has 6 heteroatoms. The normalized spacial score (nSPS) is 32.6. The SMILES string of the molecule is Cc1ccc(F)c(C(NC(=O)C2CC3(C2)CS(=O)C3)C2(C)CCCC2)c1Cl. The maximum atomic E-state index is 14.8. The third-order valence-corrected chi connectivity index (χ3v) is 9.37. The zero-order chi connectivity index (χ0) is 19.4. The second-order valence-corrected chi connectivity index (χ2v) is 11.1. The number of amides is 1. The first-order valence-corrected chi connectivity index (χ1v) is 11.7. The van der Waals surface area contributed by atoms with Gasteiger partial charge in [0.2, 0.25) is 5.91 Å². The average molecular weight is 412 g/mol. The van der Waals surface area contributed by atoms with Gasteiger partial charge in [0.15, 0.2) is 0 Å². The summed E-state index contributed by atoms with van der Waals surface area (Å²) in [5, 5.41) is 3.61. The predicted octanol–water partition coefficient (Wildman–Crippen LogP) is 4.68. The van der Waals surface area contributed by atoms with E-state index in [1.807, 2.05) is 6.92 Å². The quantitative estimate of drug-likeness (QED) is 0.781. The van der Waals surface area contributed by atoms with Crippen molar-refractivity contribution in [2.24, 2.45) is 16.7 Å². The number of halogens is 2. The van der Waals surface area contributed by atoms with Crippen LogP contribution in [0, 0.1) is 29.5 Å². The average Bonchev–Trinajstić information content (AvgIpc) is 3.00. The van der Waals surface area contributed by atoms with Gasteiger partial charge in [0.1, 0.15) is 5.82 Å². The summed E-state index contributed by atoms with van der Waals surface area (Å²) >= 11 is 6.51. The Hall–Kier alpha value is -0.940. The Balaban J connectivity index is 1.57. The van der Waals surface area contributed by atoms with Crippen LogP contribution in [0.3, 0.4) is 0 Å². The van der Waals surface area contributed by atoms with E-state index in [1.165, 1.54) is 6.07 Å². The molecule has 3 fully saturated rings. The molecule has 1 N–H and O–H groups in total. The minimum absolute atomic E-state index is 0.00611. The molecule has 0 aromatic heterocycles. The van der Waals surface area contributed by atoms with Gasteiger partial charge in [0, 0.05) is 33.8 Å². The first-order valence-electron chi connectivity index (χ1n) is 9.83. The Morgan fingerprint density at radius 1 is 1.30 bits per heavy atom. The standard InChI is InChI=1S/C21H27ClFNO2S/c1-13-5-6-15(23)16(17(13)22)18(20(2)7-3-4-8-20)24-19(25)14-9-21(10-14)11-27(26)12-21/h5-6,14,18H,3-4,7-12H2,1-2H3,(H,24,25). The van der Waals surface area contributed by atoms with Gasteiger partial charge < -0.3 is 5.32 Å². The van der Waals surface area contributed by atoms with Gasteiger partial charge in [-0.15, -0.1) is 0 Å². The maximum absolute atomic E-state index is 14.8. The summed E-state index contributed by atoms with van der Waals surface area (Å²) in [7, 11) is -0.695. The predicted molar refractivity (Wildman–Crippen MR) is 107 cm³/mol. The van der Waals surface area contributed by atoms with E-state index >= 15 is 0 Å². The molecule has 2 aliphatic carbocycles. The van der Waals surface area contributed by atoms with Gasteiger partial charge in [-0.1, -0.05) is 37.4 Å². The highest BCUT2D eigenvalue weighted by molar-refractivity contribution is 7.86. The highest BCUT2D eigenvalue weighted by Gasteiger charge is 2.55. The van der Waals surface area contributed by atoms with E-state index in [1.54, 1.807) is 6.07 Å². The van der Waals surface area contributed by atoms with Crippen molar-refractivity contribution in [1.82, 2.24) is 5.32 Å². The molecule has 148 valence electrons. The van der Waals surface area contributed by atoms with Crippen LogP contribution in [-0.2, 0) is 15.6 Å². The van der Waals surface area contributed by atoms with Gasteiger partial charge in [0.25, 0.3) is 0 Å². The summed E-state index contributed by atoms with van der Waals surface area (Å²) in [6, 6.07) is 2.73. The van der Waals surface area contributed by atoms with Gasteiger partial charge in [-0.25, -0.2) is 4.39 Å². The fraction of sp³-hybridized carbons (Fsp3) is 0.667. The molecule has 1 unspecified atom stereocenters. The number of carbonyl (C=O) groups is 1. The maximum Gasteiger partial charge on any atom is 0.223 e. The Kier molecular flexibility index (Phi) is 4.91. The van der Waals surface area contributed by atoms with Crippen LogP contribution in [-0.4, -0.2) is 21.6 Å². The molecule has 3 aliphatic rings. The van der Waals surface area contributed by atoms with Crippen LogP contribution >= 0.6 is 11.6 Å². The van der Waals surface area contributed by atoms with E-state index in [2.05, 4.69) is 12.2 Å². The number of hydrogen-bond acceptors (Lipinski definition) is 2. The van der Waals surface area contributed by atoms with Crippen molar-refractivity contribution < 1.29 is 13.4 Å². The molecule has 0 radical (unpaired) electrons. The van der Waals surface area contributed by atoms with Gasteiger partial charge in [-0.05, 0) is 55.1 Å². The zero-order valence-corrected chi connectivity index (χ0v) is 17.5. The number of carbonyl (C=O) groups excluding carboxylic acids is 1. The Morgan fingerprint density at radius 2 is 1.93 bits per heavy atom. The molecular weight excluding hydrogens is 385 g/mol. The largest absolute Gasteiger partial charge is 0.348 e. The van der Waals surface area contributed by atoms with E-state index in [4.69, 9.17) is 11.6 Å². The third-order valence-electron chi connectivity index (χ3n) is 7.00. The highest BCUT2D eigenvalue weighted by atomic mass is 35.5. The lowest BCUT2D eigenvalue weighted by molar-refractivity contribution is -0.133. The number of benzene rings is 1. The van der Waals surface area contributed by atoms with Crippen LogP contribution in [0.2, 0.25) is 5.02 Å². The fourth-order valence-electron chi connectivity index (χ4n) is 5.32. The molecule has 4 rings (SSSR count). The van der Waals surface area contributed by atoms with Crippen molar-refractivity contribution in [3.8, 4) is 0 Å². The lowest BCUT2D eigenvalue weighted by Crippen LogP contribution is -2.57. The number of rotatable bonds is 4. The molecular formula is C21H27ClFNO2S. The zero-order valence-electron chi connectivity index (χ0n) is 15.9. The summed E-state index contributed by atoms with van der Waals surface area (Å²) in [4.78, 5) is 13.0. The summed E-state index contributed by atoms with van der Waals surface area (Å²) in [6.45, 7) is 4.01. The lowest BCUT2D eigenvalue weighted by atomic mass is 9.63. The first kappa shape index (κ1) is 19.4. The number of nitrogens with one attached hydrogen (secondary N) is 1. The minimum atomic E-state index is -0.695. The summed E-state index contributed by atoms with van der Waals surface area (Å²) in [6.07, 6.45) is 5.69. The molecule has 1 heterocycles. The molecule has 2 saturated carbocycles. The molecule has 27 heavy (non-hydrogen) atoms. The minimum Gasteiger partial charge on any atom is -0.348 e. The monoisotopic (exact) mass is 411 g/mol. The highest BCUT2D eigenvalue weighted by Crippen LogP contribution is 2.53. The molecule has 3 nitrogen and oxygen atoms in total. The molecule has 1 saturated heterocycles. The van der Waals surface area contributed by atoms with Crippen molar-refractivity contribution in [1.29, 1.82) is 0 Å². The number of hydrogen-bond donors (Lipinski definition) is 1. The molecule has 1 aliphatic heterocycles. The lowest BCUT2D eigenvalue weighted by Gasteiger charge is -2.52. The molecule has 0 bridgehead atoms. The molecule has 1 spiro atoms. The Bertz CT molecular complexity index is 790. The van der Waals surface area contributed by atoms with E-state index < -0.39 is 16.8 Å². The second-order valence-electron chi connectivity index (χ2n) is 9.23. The van der Waals surface area contributed by atoms with Crippen LogP contribution in [0.5, 0.6) is 0 Å². The van der Waals surface area contributed by atoms with Gasteiger partial charge >= 0.3 is 0 Å². The third kappa shape index (κ3) is 3.35. The van der Waals surface area contributed by atoms with E-state index in [-0.39, 0.29) is 28.5 Å². The molecule has 1 atom stereocenters. The van der Waals surface area contributed by atoms with Crippen LogP contribution in [0.4, 0.5) is 4.39 Å². The molecule has 1 aromatic rings. The van der Waals surface area contributed by atoms with Crippen molar-refractivity contribution >= 4 is 28.3 Å². The van der Waals surface area contributed by atoms with Gasteiger partial charge in [-0.2, -0.15) is 0 Å². The van der Waals surface area contributed by atoms with Crippen LogP contribution in [0.25, 0.3) is 0 Å². The summed E-state index contributed by atoms with van der Waals surface area (Å²) in [5.41, 5.74) is 1.21. The number of aryl methyl sites for hydroxylation is 1. The second kappa shape index (κ2) is 6.84. The van der Waals surface area contributed by atoms with Crippen molar-refractivity contribution in [3.05, 3.63) is 34.1 Å². The Labute approximate surface area is 167 Å². The van der Waals surface area contributed by atoms with Crippen LogP contribution < -0.4 is 5.32 Å². The van der Waals surface area contributed by atoms with Crippen LogP contribution in [0.15, 0.2) is 12.1 Å².